The summed E-state index contributed by atoms with van der Waals surface area (Å²) in [7, 11) is 0. The lowest BCUT2D eigenvalue weighted by molar-refractivity contribution is 0.626. The summed E-state index contributed by atoms with van der Waals surface area (Å²) in [6.45, 7) is 0.454. The molecule has 4 nitrogen and oxygen atoms in total. The third kappa shape index (κ3) is 3.65. The monoisotopic (exact) mass is 412 g/mol. The van der Waals surface area contributed by atoms with E-state index >= 15 is 0 Å². The topological polar surface area (TPSA) is 50.7 Å². The normalized spacial score (nSPS) is 11.0. The number of aromatic nitrogens is 3. The number of fused-ring (bicyclic) bond motifs is 1. The Morgan fingerprint density at radius 1 is 0.900 bits per heavy atom. The van der Waals surface area contributed by atoms with Crippen molar-refractivity contribution in [3.8, 4) is 22.6 Å². The van der Waals surface area contributed by atoms with Gasteiger partial charge in [0.05, 0.1) is 5.39 Å². The molecule has 0 bridgehead atoms. The van der Waals surface area contributed by atoms with Gasteiger partial charge in [-0.05, 0) is 35.4 Å². The largest absolute Gasteiger partial charge is 0.365 e. The number of nitrogens with zero attached hydrogens (tertiary/aromatic N) is 3. The van der Waals surface area contributed by atoms with Crippen molar-refractivity contribution in [1.82, 2.24) is 15.0 Å². The Labute approximate surface area is 177 Å². The second-order valence-electron chi connectivity index (χ2n) is 6.79. The van der Waals surface area contributed by atoms with Gasteiger partial charge in [0.2, 0.25) is 0 Å². The average Bonchev–Trinajstić information content (AvgIpc) is 3.23. The van der Waals surface area contributed by atoms with Gasteiger partial charge in [0.25, 0.3) is 0 Å². The molecule has 30 heavy (non-hydrogen) atoms. The molecular formula is C24H17FN4S. The van der Waals surface area contributed by atoms with E-state index in [9.17, 15) is 4.39 Å². The second kappa shape index (κ2) is 8.00. The van der Waals surface area contributed by atoms with E-state index in [4.69, 9.17) is 9.97 Å². The van der Waals surface area contributed by atoms with Crippen molar-refractivity contribution in [3.05, 3.63) is 95.8 Å². The summed E-state index contributed by atoms with van der Waals surface area (Å²) < 4.78 is 13.6. The zero-order valence-corrected chi connectivity index (χ0v) is 16.7. The molecule has 0 spiro atoms. The molecule has 1 N–H and O–H groups in total. The van der Waals surface area contributed by atoms with E-state index < -0.39 is 0 Å². The van der Waals surface area contributed by atoms with Crippen molar-refractivity contribution in [2.24, 2.45) is 0 Å². The molecule has 2 aromatic carbocycles. The highest BCUT2D eigenvalue weighted by Gasteiger charge is 2.16. The Bertz CT molecular complexity index is 1300. The molecule has 0 unspecified atom stereocenters. The molecule has 0 aliphatic carbocycles. The maximum Gasteiger partial charge on any atom is 0.181 e. The van der Waals surface area contributed by atoms with E-state index in [1.54, 1.807) is 23.6 Å². The maximum atomic E-state index is 13.6. The van der Waals surface area contributed by atoms with Crippen molar-refractivity contribution in [1.29, 1.82) is 0 Å². The van der Waals surface area contributed by atoms with Crippen LogP contribution in [0.2, 0.25) is 0 Å². The van der Waals surface area contributed by atoms with Crippen LogP contribution in [0.1, 0.15) is 5.56 Å². The third-order valence-electron chi connectivity index (χ3n) is 4.76. The van der Waals surface area contributed by atoms with E-state index in [0.717, 1.165) is 26.9 Å². The highest BCUT2D eigenvalue weighted by molar-refractivity contribution is 7.17. The third-order valence-corrected chi connectivity index (χ3v) is 5.63. The smallest absolute Gasteiger partial charge is 0.181 e. The van der Waals surface area contributed by atoms with Crippen LogP contribution in [-0.4, -0.2) is 15.0 Å². The molecule has 0 aliphatic rings. The number of benzene rings is 2. The van der Waals surface area contributed by atoms with Gasteiger partial charge in [-0.3, -0.25) is 4.98 Å². The zero-order chi connectivity index (χ0) is 20.3. The molecule has 0 aliphatic heterocycles. The molecule has 5 aromatic rings. The quantitative estimate of drug-likeness (QED) is 0.375. The average molecular weight is 412 g/mol. The lowest BCUT2D eigenvalue weighted by atomic mass is 10.1. The van der Waals surface area contributed by atoms with Crippen molar-refractivity contribution in [3.63, 3.8) is 0 Å². The summed E-state index contributed by atoms with van der Waals surface area (Å²) >= 11 is 1.58. The minimum atomic E-state index is -0.253. The van der Waals surface area contributed by atoms with Gasteiger partial charge in [0, 0.05) is 23.7 Å². The van der Waals surface area contributed by atoms with Crippen LogP contribution in [0.3, 0.4) is 0 Å². The minimum absolute atomic E-state index is 0.253. The molecule has 146 valence electrons. The Morgan fingerprint density at radius 3 is 2.57 bits per heavy atom. The number of nitrogens with one attached hydrogen (secondary N) is 1. The van der Waals surface area contributed by atoms with Crippen LogP contribution < -0.4 is 5.32 Å². The molecule has 0 saturated carbocycles. The van der Waals surface area contributed by atoms with Gasteiger partial charge in [-0.1, -0.05) is 48.5 Å². The molecule has 3 heterocycles. The van der Waals surface area contributed by atoms with E-state index in [2.05, 4.69) is 27.8 Å². The van der Waals surface area contributed by atoms with Crippen LogP contribution in [0.25, 0.3) is 32.9 Å². The van der Waals surface area contributed by atoms with Crippen LogP contribution in [-0.2, 0) is 6.54 Å². The first kappa shape index (κ1) is 18.4. The summed E-state index contributed by atoms with van der Waals surface area (Å²) in [5.41, 5.74) is 3.73. The van der Waals surface area contributed by atoms with Gasteiger partial charge < -0.3 is 5.32 Å². The predicted molar refractivity (Wildman–Crippen MR) is 120 cm³/mol. The van der Waals surface area contributed by atoms with Gasteiger partial charge in [-0.15, -0.1) is 11.3 Å². The Morgan fingerprint density at radius 2 is 1.77 bits per heavy atom. The van der Waals surface area contributed by atoms with Gasteiger partial charge in [-0.2, -0.15) is 0 Å². The highest BCUT2D eigenvalue weighted by atomic mass is 32.1. The molecule has 6 heteroatoms. The number of halogens is 1. The van der Waals surface area contributed by atoms with Crippen molar-refractivity contribution in [2.75, 3.05) is 5.32 Å². The highest BCUT2D eigenvalue weighted by Crippen LogP contribution is 2.38. The van der Waals surface area contributed by atoms with Gasteiger partial charge >= 0.3 is 0 Å². The first-order valence-corrected chi connectivity index (χ1v) is 10.4. The zero-order valence-electron chi connectivity index (χ0n) is 15.9. The molecule has 0 amide bonds. The first-order chi connectivity index (χ1) is 14.8. The lowest BCUT2D eigenvalue weighted by Crippen LogP contribution is -2.04. The van der Waals surface area contributed by atoms with Gasteiger partial charge in [-0.25, -0.2) is 14.4 Å². The van der Waals surface area contributed by atoms with Crippen LogP contribution in [0, 0.1) is 5.82 Å². The fraction of sp³-hybridized carbons (Fsp3) is 0.0417. The van der Waals surface area contributed by atoms with Crippen molar-refractivity contribution in [2.45, 2.75) is 6.54 Å². The number of pyridine rings is 1. The Kier molecular flexibility index (Phi) is 4.91. The predicted octanol–water partition coefficient (Wildman–Crippen LogP) is 6.17. The summed E-state index contributed by atoms with van der Waals surface area (Å²) in [6.07, 6.45) is 1.73. The van der Waals surface area contributed by atoms with Gasteiger partial charge in [0.1, 0.15) is 22.2 Å². The maximum absolute atomic E-state index is 13.6. The molecule has 0 saturated heterocycles. The number of hydrogen-bond acceptors (Lipinski definition) is 5. The van der Waals surface area contributed by atoms with E-state index in [-0.39, 0.29) is 5.82 Å². The Balaban J connectivity index is 1.63. The summed E-state index contributed by atoms with van der Waals surface area (Å²) in [5, 5.41) is 6.46. The fourth-order valence-electron chi connectivity index (χ4n) is 3.34. The summed E-state index contributed by atoms with van der Waals surface area (Å²) in [6, 6.07) is 22.4. The first-order valence-electron chi connectivity index (χ1n) is 9.52. The molecular weight excluding hydrogens is 395 g/mol. The molecule has 0 radical (unpaired) electrons. The number of hydrogen-bond donors (Lipinski definition) is 1. The van der Waals surface area contributed by atoms with Crippen LogP contribution in [0.15, 0.2) is 84.4 Å². The number of anilines is 1. The standard InChI is InChI=1S/C24H17FN4S/c25-18-10-6-7-16(13-18)14-27-23-21-19(17-8-2-1-3-9-17)15-30-24(21)29-22(28-23)20-11-4-5-12-26-20/h1-13,15H,14H2,(H,27,28,29). The van der Waals surface area contributed by atoms with E-state index in [0.29, 0.717) is 23.9 Å². The summed E-state index contributed by atoms with van der Waals surface area (Å²) in [5.74, 6) is 1.02. The van der Waals surface area contributed by atoms with Crippen LogP contribution in [0.4, 0.5) is 10.2 Å². The van der Waals surface area contributed by atoms with E-state index in [1.165, 1.54) is 12.1 Å². The summed E-state index contributed by atoms with van der Waals surface area (Å²) in [4.78, 5) is 14.8. The lowest BCUT2D eigenvalue weighted by Gasteiger charge is -2.11. The number of thiophene rings is 1. The SMILES string of the molecule is Fc1cccc(CNc2nc(-c3ccccn3)nc3scc(-c4ccccc4)c23)c1. The van der Waals surface area contributed by atoms with Crippen molar-refractivity contribution >= 4 is 27.4 Å². The second-order valence-corrected chi connectivity index (χ2v) is 7.65. The van der Waals surface area contributed by atoms with Crippen LogP contribution in [0.5, 0.6) is 0 Å². The Hall–Kier alpha value is -3.64. The van der Waals surface area contributed by atoms with E-state index in [1.807, 2.05) is 42.5 Å². The molecule has 3 aromatic heterocycles. The molecule has 0 fully saturated rings. The van der Waals surface area contributed by atoms with Crippen molar-refractivity contribution < 1.29 is 4.39 Å². The fourth-order valence-corrected chi connectivity index (χ4v) is 4.29. The number of rotatable bonds is 5. The van der Waals surface area contributed by atoms with Crippen LogP contribution >= 0.6 is 11.3 Å². The minimum Gasteiger partial charge on any atom is -0.365 e. The van der Waals surface area contributed by atoms with Gasteiger partial charge in [0.15, 0.2) is 5.82 Å². The molecule has 5 rings (SSSR count). The molecule has 0 atom stereocenters.